The molecule has 28 heavy (non-hydrogen) atoms. The van der Waals surface area contributed by atoms with Crippen LogP contribution < -0.4 is 0 Å². The zero-order valence-corrected chi connectivity index (χ0v) is 16.0. The van der Waals surface area contributed by atoms with Crippen molar-refractivity contribution in [1.29, 1.82) is 0 Å². The van der Waals surface area contributed by atoms with Gasteiger partial charge < -0.3 is 9.64 Å². The third kappa shape index (κ3) is 2.83. The van der Waals surface area contributed by atoms with E-state index < -0.39 is 12.1 Å². The number of carbonyl (C=O) groups excluding carboxylic acids is 2. The van der Waals surface area contributed by atoms with E-state index in [1.807, 2.05) is 41.3 Å². The van der Waals surface area contributed by atoms with Gasteiger partial charge in [0.25, 0.3) is 5.91 Å². The highest BCUT2D eigenvalue weighted by molar-refractivity contribution is 7.10. The molecule has 2 atom stereocenters. The second-order valence-electron chi connectivity index (χ2n) is 7.15. The molecule has 0 bridgehead atoms. The summed E-state index contributed by atoms with van der Waals surface area (Å²) in [6.45, 7) is 0.627. The summed E-state index contributed by atoms with van der Waals surface area (Å²) in [6.07, 6.45) is 0.489. The predicted molar refractivity (Wildman–Crippen MR) is 107 cm³/mol. The van der Waals surface area contributed by atoms with E-state index in [1.54, 1.807) is 17.4 Å². The molecular formula is C23H19NO3S. The monoisotopic (exact) mass is 389 g/mol. The van der Waals surface area contributed by atoms with Crippen LogP contribution in [0.15, 0.2) is 66.0 Å². The maximum atomic E-state index is 13.5. The van der Waals surface area contributed by atoms with Gasteiger partial charge in [-0.05, 0) is 40.6 Å². The van der Waals surface area contributed by atoms with Crippen LogP contribution in [0.2, 0.25) is 0 Å². The summed E-state index contributed by atoms with van der Waals surface area (Å²) in [6, 6.07) is 19.4. The summed E-state index contributed by atoms with van der Waals surface area (Å²) in [4.78, 5) is 29.1. The second-order valence-corrected chi connectivity index (χ2v) is 8.15. The number of rotatable bonds is 2. The van der Waals surface area contributed by atoms with Gasteiger partial charge in [0.1, 0.15) is 0 Å². The molecule has 2 aliphatic rings. The van der Waals surface area contributed by atoms with Crippen LogP contribution in [0.3, 0.4) is 0 Å². The van der Waals surface area contributed by atoms with Gasteiger partial charge in [0.05, 0.1) is 11.6 Å². The number of hydrogen-bond donors (Lipinski definition) is 0. The third-order valence-corrected chi connectivity index (χ3v) is 6.53. The Labute approximate surface area is 167 Å². The van der Waals surface area contributed by atoms with Crippen LogP contribution in [0.25, 0.3) is 0 Å². The van der Waals surface area contributed by atoms with Crippen LogP contribution in [0.5, 0.6) is 0 Å². The van der Waals surface area contributed by atoms with Crippen LogP contribution in [0, 0.1) is 0 Å². The van der Waals surface area contributed by atoms with Crippen LogP contribution >= 0.6 is 11.3 Å². The normalized spacial score (nSPS) is 20.9. The topological polar surface area (TPSA) is 46.6 Å². The first-order chi connectivity index (χ1) is 13.7. The van der Waals surface area contributed by atoms with Gasteiger partial charge in [-0.3, -0.25) is 4.79 Å². The fourth-order valence-electron chi connectivity index (χ4n) is 4.20. The van der Waals surface area contributed by atoms with Crippen LogP contribution in [-0.2, 0) is 22.4 Å². The molecule has 0 fully saturated rings. The van der Waals surface area contributed by atoms with Gasteiger partial charge in [-0.1, -0.05) is 48.5 Å². The van der Waals surface area contributed by atoms with Crippen molar-refractivity contribution >= 4 is 23.2 Å². The number of ether oxygens (including phenoxy) is 1. The quantitative estimate of drug-likeness (QED) is 0.623. The highest BCUT2D eigenvalue weighted by atomic mass is 32.1. The van der Waals surface area contributed by atoms with Gasteiger partial charge in [-0.15, -0.1) is 11.3 Å². The fraction of sp³-hybridized carbons (Fsp3) is 0.217. The van der Waals surface area contributed by atoms with E-state index in [4.69, 9.17) is 4.74 Å². The van der Waals surface area contributed by atoms with Crippen molar-refractivity contribution in [2.45, 2.75) is 25.0 Å². The Bertz CT molecular complexity index is 1040. The average Bonchev–Trinajstić information content (AvgIpc) is 3.22. The van der Waals surface area contributed by atoms with Crippen molar-refractivity contribution in [3.05, 3.63) is 93.2 Å². The Morgan fingerprint density at radius 1 is 1.04 bits per heavy atom. The standard InChI is InChI=1S/C23H19NO3S/c25-22(19-14-16-8-4-5-9-17(16)23(26)27-19)24-12-10-20-18(11-13-28-20)21(24)15-6-2-1-3-7-15/h1-9,11,13,19,21H,10,12,14H2/t19-,21-/m0/s1. The lowest BCUT2D eigenvalue weighted by atomic mass is 9.91. The number of esters is 1. The average molecular weight is 389 g/mol. The number of amides is 1. The van der Waals surface area contributed by atoms with Crippen molar-refractivity contribution < 1.29 is 14.3 Å². The molecule has 1 aromatic heterocycles. The summed E-state index contributed by atoms with van der Waals surface area (Å²) < 4.78 is 5.55. The number of thiophene rings is 1. The van der Waals surface area contributed by atoms with Crippen molar-refractivity contribution in [2.24, 2.45) is 0 Å². The van der Waals surface area contributed by atoms with E-state index in [9.17, 15) is 9.59 Å². The zero-order chi connectivity index (χ0) is 19.1. The molecule has 3 heterocycles. The van der Waals surface area contributed by atoms with Crippen molar-refractivity contribution in [2.75, 3.05) is 6.54 Å². The number of hydrogen-bond acceptors (Lipinski definition) is 4. The van der Waals surface area contributed by atoms with Gasteiger partial charge in [0.2, 0.25) is 0 Å². The van der Waals surface area contributed by atoms with Crippen LogP contribution in [0.4, 0.5) is 0 Å². The summed E-state index contributed by atoms with van der Waals surface area (Å²) in [5.74, 6) is -0.529. The second kappa shape index (κ2) is 6.91. The van der Waals surface area contributed by atoms with Gasteiger partial charge in [0, 0.05) is 17.8 Å². The molecule has 0 N–H and O–H groups in total. The smallest absolute Gasteiger partial charge is 0.339 e. The summed E-state index contributed by atoms with van der Waals surface area (Å²) >= 11 is 1.74. The molecule has 0 saturated heterocycles. The van der Waals surface area contributed by atoms with Crippen molar-refractivity contribution in [1.82, 2.24) is 4.90 Å². The number of carbonyl (C=O) groups is 2. The molecule has 0 unspecified atom stereocenters. The number of benzene rings is 2. The van der Waals surface area contributed by atoms with Crippen molar-refractivity contribution in [3.63, 3.8) is 0 Å². The maximum absolute atomic E-state index is 13.5. The molecule has 2 aliphatic heterocycles. The molecule has 140 valence electrons. The Morgan fingerprint density at radius 3 is 2.68 bits per heavy atom. The first kappa shape index (κ1) is 17.2. The minimum absolute atomic E-state index is 0.117. The van der Waals surface area contributed by atoms with Crippen molar-refractivity contribution in [3.8, 4) is 0 Å². The molecule has 2 aromatic carbocycles. The van der Waals surface area contributed by atoms with Gasteiger partial charge in [0.15, 0.2) is 6.10 Å². The number of fused-ring (bicyclic) bond motifs is 2. The third-order valence-electron chi connectivity index (χ3n) is 5.53. The maximum Gasteiger partial charge on any atom is 0.339 e. The molecule has 0 aliphatic carbocycles. The minimum Gasteiger partial charge on any atom is -0.448 e. The summed E-state index contributed by atoms with van der Waals surface area (Å²) in [7, 11) is 0. The minimum atomic E-state index is -0.770. The highest BCUT2D eigenvalue weighted by Crippen LogP contribution is 2.38. The Balaban J connectivity index is 1.50. The van der Waals surface area contributed by atoms with E-state index >= 15 is 0 Å². The predicted octanol–water partition coefficient (Wildman–Crippen LogP) is 4.00. The zero-order valence-electron chi connectivity index (χ0n) is 15.2. The van der Waals surface area contributed by atoms with Gasteiger partial charge in [-0.2, -0.15) is 0 Å². The van der Waals surface area contributed by atoms with Crippen LogP contribution in [0.1, 0.15) is 38.0 Å². The molecule has 5 heteroatoms. The lowest BCUT2D eigenvalue weighted by Gasteiger charge is -2.38. The SMILES string of the molecule is O=C1O[C@H](C(=O)N2CCc3sccc3[C@@H]2c2ccccc2)Cc2ccccc21. The molecule has 5 rings (SSSR count). The lowest BCUT2D eigenvalue weighted by Crippen LogP contribution is -2.48. The fourth-order valence-corrected chi connectivity index (χ4v) is 5.11. The van der Waals surface area contributed by atoms with Gasteiger partial charge in [-0.25, -0.2) is 4.79 Å². The molecule has 0 spiro atoms. The molecule has 4 nitrogen and oxygen atoms in total. The number of nitrogens with zero attached hydrogens (tertiary/aromatic N) is 1. The lowest BCUT2D eigenvalue weighted by molar-refractivity contribution is -0.143. The van der Waals surface area contributed by atoms with E-state index in [-0.39, 0.29) is 11.9 Å². The van der Waals surface area contributed by atoms with Crippen LogP contribution in [-0.4, -0.2) is 29.4 Å². The molecule has 3 aromatic rings. The van der Waals surface area contributed by atoms with E-state index in [0.717, 1.165) is 17.5 Å². The first-order valence-corrected chi connectivity index (χ1v) is 10.3. The molecule has 0 saturated carbocycles. The molecular weight excluding hydrogens is 370 g/mol. The Morgan fingerprint density at radius 2 is 1.82 bits per heavy atom. The number of cyclic esters (lactones) is 1. The van der Waals surface area contributed by atoms with E-state index in [2.05, 4.69) is 23.6 Å². The molecule has 1 amide bonds. The summed E-state index contributed by atoms with van der Waals surface area (Å²) in [5.41, 5.74) is 3.70. The Hall–Kier alpha value is -2.92. The van der Waals surface area contributed by atoms with E-state index in [0.29, 0.717) is 18.5 Å². The van der Waals surface area contributed by atoms with E-state index in [1.165, 1.54) is 10.4 Å². The highest BCUT2D eigenvalue weighted by Gasteiger charge is 2.39. The largest absolute Gasteiger partial charge is 0.448 e. The summed E-state index contributed by atoms with van der Waals surface area (Å²) in [5, 5.41) is 2.09. The van der Waals surface area contributed by atoms with Gasteiger partial charge >= 0.3 is 5.97 Å². The Kier molecular flexibility index (Phi) is 4.24. The first-order valence-electron chi connectivity index (χ1n) is 9.43. The molecule has 0 radical (unpaired) electrons.